The van der Waals surface area contributed by atoms with Gasteiger partial charge in [0.05, 0.1) is 6.61 Å². The molecule has 1 aliphatic carbocycles. The first-order valence-corrected chi connectivity index (χ1v) is 7.44. The zero-order chi connectivity index (χ0) is 14.4. The standard InChI is InChI=1S/C16H25NO3/c1-3-19-10-12(18)11-20-16-9-5-6-13-14(16)7-4-8-15(13)17-2/h5-6,9,12,15,17-18H,3-4,7-8,10-11H2,1-2H3. The molecular formula is C16H25NO3. The van der Waals surface area contributed by atoms with Crippen molar-refractivity contribution in [3.63, 3.8) is 0 Å². The summed E-state index contributed by atoms with van der Waals surface area (Å²) in [6.07, 6.45) is 2.81. The Kier molecular flexibility index (Phi) is 5.83. The molecule has 4 heteroatoms. The Bertz CT molecular complexity index is 422. The maximum atomic E-state index is 9.78. The van der Waals surface area contributed by atoms with E-state index in [1.54, 1.807) is 0 Å². The summed E-state index contributed by atoms with van der Waals surface area (Å²) in [5.41, 5.74) is 2.61. The summed E-state index contributed by atoms with van der Waals surface area (Å²) >= 11 is 0. The molecule has 0 aliphatic heterocycles. The third kappa shape index (κ3) is 3.72. The van der Waals surface area contributed by atoms with Crippen LogP contribution >= 0.6 is 0 Å². The second-order valence-electron chi connectivity index (χ2n) is 5.18. The highest BCUT2D eigenvalue weighted by Gasteiger charge is 2.21. The Balaban J connectivity index is 2.02. The van der Waals surface area contributed by atoms with E-state index in [4.69, 9.17) is 9.47 Å². The van der Waals surface area contributed by atoms with Gasteiger partial charge in [0.2, 0.25) is 0 Å². The van der Waals surface area contributed by atoms with Gasteiger partial charge in [0.15, 0.2) is 0 Å². The van der Waals surface area contributed by atoms with Crippen LogP contribution in [-0.2, 0) is 11.2 Å². The van der Waals surface area contributed by atoms with Crippen LogP contribution in [0.1, 0.15) is 36.9 Å². The smallest absolute Gasteiger partial charge is 0.122 e. The Morgan fingerprint density at radius 2 is 2.25 bits per heavy atom. The molecule has 0 saturated heterocycles. The number of benzene rings is 1. The van der Waals surface area contributed by atoms with Gasteiger partial charge in [-0.1, -0.05) is 12.1 Å². The van der Waals surface area contributed by atoms with Crippen LogP contribution in [0.2, 0.25) is 0 Å². The van der Waals surface area contributed by atoms with E-state index >= 15 is 0 Å². The van der Waals surface area contributed by atoms with Gasteiger partial charge in [-0.15, -0.1) is 0 Å². The Labute approximate surface area is 121 Å². The quantitative estimate of drug-likeness (QED) is 0.802. The largest absolute Gasteiger partial charge is 0.491 e. The van der Waals surface area contributed by atoms with Crippen molar-refractivity contribution in [2.75, 3.05) is 26.9 Å². The molecule has 4 nitrogen and oxygen atoms in total. The monoisotopic (exact) mass is 279 g/mol. The van der Waals surface area contributed by atoms with Crippen LogP contribution in [0.25, 0.3) is 0 Å². The first-order chi connectivity index (χ1) is 9.76. The molecule has 1 aromatic carbocycles. The molecule has 2 rings (SSSR count). The predicted molar refractivity (Wildman–Crippen MR) is 79.2 cm³/mol. The highest BCUT2D eigenvalue weighted by Crippen LogP contribution is 2.35. The average Bonchev–Trinajstić information content (AvgIpc) is 2.50. The van der Waals surface area contributed by atoms with E-state index < -0.39 is 6.10 Å². The summed E-state index contributed by atoms with van der Waals surface area (Å²) in [6.45, 7) is 3.13. The lowest BCUT2D eigenvalue weighted by Crippen LogP contribution is -2.25. The Morgan fingerprint density at radius 1 is 1.40 bits per heavy atom. The van der Waals surface area contributed by atoms with Crippen molar-refractivity contribution in [1.29, 1.82) is 0 Å². The highest BCUT2D eigenvalue weighted by atomic mass is 16.5. The van der Waals surface area contributed by atoms with Crippen LogP contribution in [0.3, 0.4) is 0 Å². The zero-order valence-electron chi connectivity index (χ0n) is 12.4. The lowest BCUT2D eigenvalue weighted by atomic mass is 9.87. The van der Waals surface area contributed by atoms with Gasteiger partial charge in [0.1, 0.15) is 18.5 Å². The predicted octanol–water partition coefficient (Wildman–Crippen LogP) is 2.06. The van der Waals surface area contributed by atoms with E-state index in [0.29, 0.717) is 19.3 Å². The van der Waals surface area contributed by atoms with Gasteiger partial charge in [-0.2, -0.15) is 0 Å². The Morgan fingerprint density at radius 3 is 3.00 bits per heavy atom. The fourth-order valence-corrected chi connectivity index (χ4v) is 2.74. The van der Waals surface area contributed by atoms with Gasteiger partial charge in [0, 0.05) is 12.6 Å². The van der Waals surface area contributed by atoms with Crippen molar-refractivity contribution in [3.8, 4) is 5.75 Å². The molecule has 0 saturated carbocycles. The number of aliphatic hydroxyl groups is 1. The van der Waals surface area contributed by atoms with Gasteiger partial charge < -0.3 is 19.9 Å². The number of fused-ring (bicyclic) bond motifs is 1. The van der Waals surface area contributed by atoms with Crippen LogP contribution in [-0.4, -0.2) is 38.1 Å². The van der Waals surface area contributed by atoms with Crippen LogP contribution in [0.5, 0.6) is 5.75 Å². The van der Waals surface area contributed by atoms with Crippen LogP contribution in [0, 0.1) is 0 Å². The molecule has 0 aromatic heterocycles. The number of aliphatic hydroxyl groups excluding tert-OH is 1. The molecular weight excluding hydrogens is 254 g/mol. The number of nitrogens with one attached hydrogen (secondary N) is 1. The molecule has 0 radical (unpaired) electrons. The molecule has 0 fully saturated rings. The molecule has 2 N–H and O–H groups in total. The van der Waals surface area contributed by atoms with Gasteiger partial charge in [-0.25, -0.2) is 0 Å². The summed E-state index contributed by atoms with van der Waals surface area (Å²) < 4.78 is 11.0. The summed E-state index contributed by atoms with van der Waals surface area (Å²) in [7, 11) is 2.00. The van der Waals surface area contributed by atoms with Crippen molar-refractivity contribution >= 4 is 0 Å². The molecule has 20 heavy (non-hydrogen) atoms. The van der Waals surface area contributed by atoms with Gasteiger partial charge in [-0.05, 0) is 50.4 Å². The van der Waals surface area contributed by atoms with Gasteiger partial charge in [0.25, 0.3) is 0 Å². The van der Waals surface area contributed by atoms with E-state index in [0.717, 1.165) is 12.2 Å². The van der Waals surface area contributed by atoms with Gasteiger partial charge in [-0.3, -0.25) is 0 Å². The molecule has 1 aromatic rings. The number of hydrogen-bond acceptors (Lipinski definition) is 4. The number of ether oxygens (including phenoxy) is 2. The second-order valence-corrected chi connectivity index (χ2v) is 5.18. The minimum absolute atomic E-state index is 0.278. The van der Waals surface area contributed by atoms with E-state index in [2.05, 4.69) is 11.4 Å². The summed E-state index contributed by atoms with van der Waals surface area (Å²) in [5.74, 6) is 0.901. The molecule has 2 unspecified atom stereocenters. The van der Waals surface area contributed by atoms with Crippen molar-refractivity contribution in [1.82, 2.24) is 5.32 Å². The van der Waals surface area contributed by atoms with Crippen molar-refractivity contribution in [2.24, 2.45) is 0 Å². The van der Waals surface area contributed by atoms with E-state index in [1.165, 1.54) is 24.0 Å². The number of hydrogen-bond donors (Lipinski definition) is 2. The Hall–Kier alpha value is -1.10. The molecule has 2 atom stereocenters. The molecule has 0 amide bonds. The van der Waals surface area contributed by atoms with Gasteiger partial charge >= 0.3 is 0 Å². The maximum Gasteiger partial charge on any atom is 0.122 e. The second kappa shape index (κ2) is 7.62. The molecule has 1 aliphatic rings. The van der Waals surface area contributed by atoms with Crippen LogP contribution in [0.15, 0.2) is 18.2 Å². The molecule has 112 valence electrons. The van der Waals surface area contributed by atoms with E-state index in [9.17, 15) is 5.11 Å². The lowest BCUT2D eigenvalue weighted by Gasteiger charge is -2.27. The van der Waals surface area contributed by atoms with Crippen molar-refractivity contribution in [3.05, 3.63) is 29.3 Å². The molecule has 0 bridgehead atoms. The first-order valence-electron chi connectivity index (χ1n) is 7.44. The van der Waals surface area contributed by atoms with E-state index in [1.807, 2.05) is 26.1 Å². The fraction of sp³-hybridized carbons (Fsp3) is 0.625. The number of rotatable bonds is 7. The normalized spacial score (nSPS) is 19.4. The minimum atomic E-state index is -0.575. The van der Waals surface area contributed by atoms with Crippen molar-refractivity contribution < 1.29 is 14.6 Å². The summed E-state index contributed by atoms with van der Waals surface area (Å²) in [5, 5.41) is 13.1. The zero-order valence-corrected chi connectivity index (χ0v) is 12.4. The van der Waals surface area contributed by atoms with Crippen molar-refractivity contribution in [2.45, 2.75) is 38.3 Å². The molecule has 0 spiro atoms. The fourth-order valence-electron chi connectivity index (χ4n) is 2.74. The summed E-state index contributed by atoms with van der Waals surface area (Å²) in [4.78, 5) is 0. The van der Waals surface area contributed by atoms with E-state index in [-0.39, 0.29) is 6.61 Å². The minimum Gasteiger partial charge on any atom is -0.491 e. The maximum absolute atomic E-state index is 9.78. The highest BCUT2D eigenvalue weighted by molar-refractivity contribution is 5.43. The van der Waals surface area contributed by atoms with Crippen LogP contribution in [0.4, 0.5) is 0 Å². The lowest BCUT2D eigenvalue weighted by molar-refractivity contribution is 0.0162. The average molecular weight is 279 g/mol. The third-order valence-corrected chi connectivity index (χ3v) is 3.76. The van der Waals surface area contributed by atoms with Crippen LogP contribution < -0.4 is 10.1 Å². The molecule has 0 heterocycles. The SMILES string of the molecule is CCOCC(O)COc1cccc2c1CCCC2NC. The first kappa shape index (κ1) is 15.3. The topological polar surface area (TPSA) is 50.7 Å². The summed E-state index contributed by atoms with van der Waals surface area (Å²) in [6, 6.07) is 6.60. The third-order valence-electron chi connectivity index (χ3n) is 3.76.